The zero-order valence-corrected chi connectivity index (χ0v) is 13.2. The molecule has 2 N–H and O–H groups in total. The van der Waals surface area contributed by atoms with Crippen LogP contribution in [0.1, 0.15) is 23.7 Å². The van der Waals surface area contributed by atoms with Crippen molar-refractivity contribution >= 4 is 19.3 Å². The molecule has 0 amide bonds. The van der Waals surface area contributed by atoms with Crippen LogP contribution in [0.15, 0.2) is 53.5 Å². The van der Waals surface area contributed by atoms with Gasteiger partial charge >= 0.3 is 0 Å². The zero-order valence-electron chi connectivity index (χ0n) is 13.2. The number of hydrogen-bond acceptors (Lipinski definition) is 5. The van der Waals surface area contributed by atoms with Crippen molar-refractivity contribution in [3.05, 3.63) is 59.7 Å². The lowest BCUT2D eigenvalue weighted by Gasteiger charge is -2.37. The van der Waals surface area contributed by atoms with Gasteiger partial charge in [-0.05, 0) is 11.6 Å². The quantitative estimate of drug-likeness (QED) is 0.792. The Morgan fingerprint density at radius 2 is 2.04 bits per heavy atom. The monoisotopic (exact) mass is 307 g/mol. The number of guanidine groups is 1. The van der Waals surface area contributed by atoms with E-state index in [0.717, 1.165) is 22.3 Å². The van der Waals surface area contributed by atoms with Crippen LogP contribution < -0.4 is 15.9 Å². The number of hydrogen-bond donors (Lipinski definition) is 1. The molecule has 0 aliphatic carbocycles. The average molecular weight is 307 g/mol. The lowest BCUT2D eigenvalue weighted by Crippen LogP contribution is -2.37. The molecular formula is C17H18BN3O2. The molecule has 23 heavy (non-hydrogen) atoms. The molecule has 2 heterocycles. The Kier molecular flexibility index (Phi) is 3.09. The molecule has 2 aromatic carbocycles. The topological polar surface area (TPSA) is 60.1 Å². The Morgan fingerprint density at radius 1 is 1.26 bits per heavy atom. The van der Waals surface area contributed by atoms with Crippen LogP contribution in [0.25, 0.3) is 0 Å². The van der Waals surface area contributed by atoms with E-state index in [0.29, 0.717) is 12.4 Å². The summed E-state index contributed by atoms with van der Waals surface area (Å²) in [4.78, 5) is 10.7. The second-order valence-electron chi connectivity index (χ2n) is 6.06. The van der Waals surface area contributed by atoms with E-state index in [-0.39, 0.29) is 6.10 Å². The van der Waals surface area contributed by atoms with E-state index in [4.69, 9.17) is 15.3 Å². The summed E-state index contributed by atoms with van der Waals surface area (Å²) in [6.45, 7) is 0. The summed E-state index contributed by atoms with van der Waals surface area (Å²) in [6.07, 6.45) is 0.452. The van der Waals surface area contributed by atoms with Gasteiger partial charge in [0, 0.05) is 13.5 Å². The van der Waals surface area contributed by atoms with Crippen LogP contribution in [0.2, 0.25) is 0 Å². The van der Waals surface area contributed by atoms with Crippen molar-refractivity contribution in [2.45, 2.75) is 18.2 Å². The van der Waals surface area contributed by atoms with Crippen LogP contribution >= 0.6 is 0 Å². The lowest BCUT2D eigenvalue weighted by molar-refractivity contribution is -0.191. The maximum absolute atomic E-state index is 6.22. The van der Waals surface area contributed by atoms with Crippen LogP contribution in [0.3, 0.4) is 0 Å². The van der Waals surface area contributed by atoms with Gasteiger partial charge in [-0.15, -0.1) is 0 Å². The van der Waals surface area contributed by atoms with Gasteiger partial charge in [-0.3, -0.25) is 0 Å². The van der Waals surface area contributed by atoms with Crippen molar-refractivity contribution in [3.63, 3.8) is 0 Å². The van der Waals surface area contributed by atoms with Crippen molar-refractivity contribution in [2.75, 3.05) is 7.05 Å². The second-order valence-corrected chi connectivity index (χ2v) is 6.06. The Morgan fingerprint density at radius 3 is 2.74 bits per heavy atom. The van der Waals surface area contributed by atoms with E-state index in [9.17, 15) is 0 Å². The van der Waals surface area contributed by atoms with E-state index < -0.39 is 5.72 Å². The summed E-state index contributed by atoms with van der Waals surface area (Å²) in [7, 11) is 3.82. The second kappa shape index (κ2) is 5.03. The van der Waals surface area contributed by atoms with E-state index >= 15 is 0 Å². The van der Waals surface area contributed by atoms with Crippen molar-refractivity contribution in [3.8, 4) is 5.75 Å². The van der Waals surface area contributed by atoms with Gasteiger partial charge in [0.2, 0.25) is 11.7 Å². The fraction of sp³-hybridized carbons (Fsp3) is 0.235. The standard InChI is InChI=1S/C17H18BN3O2/c1-21-16(19)20-17(23-21)10-15(11-5-3-2-4-6-11)22-14-8-7-12(18)9-13(14)17/h2-9,15H,10,18H2,1H3,(H2,19,20). The fourth-order valence-electron chi connectivity index (χ4n) is 3.20. The third kappa shape index (κ3) is 2.26. The molecule has 116 valence electrons. The molecule has 1 spiro atoms. The summed E-state index contributed by atoms with van der Waals surface area (Å²) in [6, 6.07) is 16.2. The molecule has 2 atom stereocenters. The molecule has 0 radical (unpaired) electrons. The number of nitrogens with two attached hydrogens (primary N) is 1. The van der Waals surface area contributed by atoms with Crippen molar-refractivity contribution in [1.29, 1.82) is 0 Å². The first kappa shape index (κ1) is 14.1. The molecule has 0 fully saturated rings. The minimum atomic E-state index is -0.820. The van der Waals surface area contributed by atoms with Crippen LogP contribution in [-0.2, 0) is 10.6 Å². The van der Waals surface area contributed by atoms with Crippen molar-refractivity contribution in [2.24, 2.45) is 10.7 Å². The Balaban J connectivity index is 1.84. The summed E-state index contributed by atoms with van der Waals surface area (Å²) < 4.78 is 6.22. The number of fused-ring (bicyclic) bond motifs is 2. The molecule has 0 saturated heterocycles. The van der Waals surface area contributed by atoms with E-state index in [1.54, 1.807) is 7.05 Å². The van der Waals surface area contributed by atoms with Crippen LogP contribution in [0, 0.1) is 0 Å². The highest BCUT2D eigenvalue weighted by Gasteiger charge is 2.48. The SMILES string of the molecule is Bc1ccc2c(c1)C1(CC(c3ccccc3)O2)N=C(N)N(C)O1. The van der Waals surface area contributed by atoms with Gasteiger partial charge in [-0.1, -0.05) is 47.9 Å². The number of aliphatic imine (C=N–C) groups is 1. The minimum absolute atomic E-state index is 0.130. The zero-order chi connectivity index (χ0) is 16.0. The van der Waals surface area contributed by atoms with Gasteiger partial charge in [0.05, 0.1) is 5.56 Å². The molecule has 0 saturated carbocycles. The first-order valence-corrected chi connectivity index (χ1v) is 7.68. The molecule has 0 bridgehead atoms. The van der Waals surface area contributed by atoms with Crippen molar-refractivity contribution in [1.82, 2.24) is 5.06 Å². The minimum Gasteiger partial charge on any atom is -0.485 e. The largest absolute Gasteiger partial charge is 0.485 e. The predicted octanol–water partition coefficient (Wildman–Crippen LogP) is 0.813. The van der Waals surface area contributed by atoms with Gasteiger partial charge < -0.3 is 10.5 Å². The van der Waals surface area contributed by atoms with Crippen molar-refractivity contribution < 1.29 is 9.57 Å². The third-order valence-corrected chi connectivity index (χ3v) is 4.36. The molecule has 4 rings (SSSR count). The summed E-state index contributed by atoms with van der Waals surface area (Å²) in [5, 5.41) is 1.53. The maximum atomic E-state index is 6.22. The first-order chi connectivity index (χ1) is 11.1. The van der Waals surface area contributed by atoms with Crippen LogP contribution in [0.5, 0.6) is 5.75 Å². The van der Waals surface area contributed by atoms with Gasteiger partial charge in [0.15, 0.2) is 0 Å². The lowest BCUT2D eigenvalue weighted by atomic mass is 9.85. The van der Waals surface area contributed by atoms with Gasteiger partial charge in [-0.2, -0.15) is 0 Å². The van der Waals surface area contributed by atoms with Crippen LogP contribution in [0.4, 0.5) is 0 Å². The van der Waals surface area contributed by atoms with E-state index in [1.807, 2.05) is 38.2 Å². The first-order valence-electron chi connectivity index (χ1n) is 7.68. The predicted molar refractivity (Wildman–Crippen MR) is 91.2 cm³/mol. The highest BCUT2D eigenvalue weighted by Crippen LogP contribution is 2.49. The number of nitrogens with zero attached hydrogens (tertiary/aromatic N) is 2. The normalized spacial score (nSPS) is 25.9. The molecular weight excluding hydrogens is 289 g/mol. The number of benzene rings is 2. The molecule has 2 aliphatic heterocycles. The smallest absolute Gasteiger partial charge is 0.222 e. The summed E-state index contributed by atoms with van der Waals surface area (Å²) >= 11 is 0. The van der Waals surface area contributed by atoms with Gasteiger partial charge in [0.25, 0.3) is 0 Å². The summed E-state index contributed by atoms with van der Waals surface area (Å²) in [5.41, 5.74) is 8.32. The van der Waals surface area contributed by atoms with Crippen LogP contribution in [-0.4, -0.2) is 25.9 Å². The fourth-order valence-corrected chi connectivity index (χ4v) is 3.20. The highest BCUT2D eigenvalue weighted by atomic mass is 16.7. The number of hydroxylamine groups is 2. The highest BCUT2D eigenvalue weighted by molar-refractivity contribution is 6.32. The number of rotatable bonds is 1. The molecule has 2 aromatic rings. The molecule has 6 heteroatoms. The van der Waals surface area contributed by atoms with Gasteiger partial charge in [-0.25, -0.2) is 14.9 Å². The summed E-state index contributed by atoms with van der Waals surface area (Å²) in [5.74, 6) is 1.17. The Hall–Kier alpha value is -2.47. The Labute approximate surface area is 136 Å². The molecule has 2 unspecified atom stereocenters. The third-order valence-electron chi connectivity index (χ3n) is 4.36. The molecule has 2 aliphatic rings. The van der Waals surface area contributed by atoms with E-state index in [1.165, 1.54) is 5.06 Å². The van der Waals surface area contributed by atoms with E-state index in [2.05, 4.69) is 23.2 Å². The maximum Gasteiger partial charge on any atom is 0.222 e. The number of ether oxygens (including phenoxy) is 1. The molecule has 5 nitrogen and oxygen atoms in total. The molecule has 0 aromatic heterocycles. The van der Waals surface area contributed by atoms with Gasteiger partial charge in [0.1, 0.15) is 19.7 Å². The average Bonchev–Trinajstić information content (AvgIpc) is 2.83. The Bertz CT molecular complexity index is 781.